The number of halogens is 4. The van der Waals surface area contributed by atoms with Gasteiger partial charge in [-0.05, 0) is 58.4 Å². The fourth-order valence-corrected chi connectivity index (χ4v) is 7.59. The minimum absolute atomic E-state index is 0. The first-order chi connectivity index (χ1) is 24.9. The average molecular weight is 890 g/mol. The molecule has 0 saturated carbocycles. The van der Waals surface area contributed by atoms with Crippen LogP contribution in [0.3, 0.4) is 0 Å². The van der Waals surface area contributed by atoms with Crippen molar-refractivity contribution < 1.29 is 24.2 Å². The van der Waals surface area contributed by atoms with Crippen molar-refractivity contribution >= 4 is 63.4 Å². The average Bonchev–Trinajstić information content (AvgIpc) is 3.84. The molecule has 4 aliphatic rings. The van der Waals surface area contributed by atoms with Gasteiger partial charge in [0, 0.05) is 5.41 Å². The van der Waals surface area contributed by atoms with Gasteiger partial charge in [-0.2, -0.15) is 77.9 Å². The van der Waals surface area contributed by atoms with Crippen molar-refractivity contribution in [3.63, 3.8) is 0 Å². The summed E-state index contributed by atoms with van der Waals surface area (Å²) in [5.41, 5.74) is 16.3. The molecule has 0 fully saturated rings. The molecule has 0 saturated heterocycles. The Bertz CT molecular complexity index is 1900. The second-order valence-electron chi connectivity index (χ2n) is 16.6. The molecule has 0 bridgehead atoms. The molecule has 4 aromatic rings. The normalized spacial score (nSPS) is 16.7. The summed E-state index contributed by atoms with van der Waals surface area (Å²) in [6.45, 7) is 24.9. The van der Waals surface area contributed by atoms with Crippen LogP contribution in [0.2, 0.25) is 10.0 Å². The minimum atomic E-state index is 0. The molecule has 1 atom stereocenters. The first kappa shape index (κ1) is 48.9. The van der Waals surface area contributed by atoms with Crippen LogP contribution in [0.1, 0.15) is 110 Å². The van der Waals surface area contributed by atoms with Crippen molar-refractivity contribution in [1.82, 2.24) is 0 Å². The summed E-state index contributed by atoms with van der Waals surface area (Å²) in [5.74, 6) is 1.22. The number of fused-ring (bicyclic) bond motifs is 5. The fraction of sp³-hybridized carbons (Fsp3) is 0.340. The van der Waals surface area contributed by atoms with Crippen molar-refractivity contribution in [1.29, 1.82) is 0 Å². The standard InChI is InChI=1S/C25H25.C12H19.2C6H4Cl.CH2.2ClH.Zr/c1-14-12-24(3,4)22-8-16-7-17-9-23-19(15(2)13-25(23,5)6)11-21(17)20(16)10-18(14)22;1-9(2)10-6-7-11(8-10)12(3,4)5;2*7-6-4-2-1-3-5-6;;;;/h8-12H,7H2,1-6H3;7-10H,1-5H3;2*2-5H;1H2;2*1H;/q4*-1;;;;. The molecule has 0 amide bonds. The zero-order valence-corrected chi connectivity index (χ0v) is 39.9. The predicted octanol–water partition coefficient (Wildman–Crippen LogP) is 15.1. The molecular formula is C50H56Cl4Zr-4. The third-order valence-corrected chi connectivity index (χ3v) is 10.7. The second kappa shape index (κ2) is 20.4. The van der Waals surface area contributed by atoms with Crippen LogP contribution in [-0.4, -0.2) is 4.21 Å². The first-order valence-corrected chi connectivity index (χ1v) is 20.9. The second-order valence-corrected chi connectivity index (χ2v) is 17.5. The van der Waals surface area contributed by atoms with E-state index in [4.69, 9.17) is 23.2 Å². The maximum absolute atomic E-state index is 5.52. The van der Waals surface area contributed by atoms with E-state index in [2.05, 4.69) is 147 Å². The summed E-state index contributed by atoms with van der Waals surface area (Å²) < 4.78 is 3.34. The van der Waals surface area contributed by atoms with Gasteiger partial charge in [-0.25, -0.2) is 11.6 Å². The Morgan fingerprint density at radius 1 is 0.745 bits per heavy atom. The molecular weight excluding hydrogens is 834 g/mol. The molecule has 0 radical (unpaired) electrons. The van der Waals surface area contributed by atoms with E-state index in [-0.39, 0.29) is 41.1 Å². The van der Waals surface area contributed by atoms with Crippen molar-refractivity contribution in [2.24, 2.45) is 17.3 Å². The van der Waals surface area contributed by atoms with E-state index in [1.165, 1.54) is 85.5 Å². The summed E-state index contributed by atoms with van der Waals surface area (Å²) in [5, 5.41) is 1.53. The van der Waals surface area contributed by atoms with Gasteiger partial charge in [0.05, 0.1) is 0 Å². The Kier molecular flexibility index (Phi) is 18.2. The van der Waals surface area contributed by atoms with Crippen molar-refractivity contribution in [2.45, 2.75) is 93.4 Å². The molecule has 0 spiro atoms. The molecule has 0 N–H and O–H groups in total. The number of benzene rings is 4. The summed E-state index contributed by atoms with van der Waals surface area (Å²) in [6.07, 6.45) is 15.0. The van der Waals surface area contributed by atoms with Crippen LogP contribution in [-0.2, 0) is 41.5 Å². The zero-order chi connectivity index (χ0) is 39.3. The van der Waals surface area contributed by atoms with E-state index in [1.807, 2.05) is 0 Å². The number of hydrogen-bond donors (Lipinski definition) is 0. The molecule has 1 unspecified atom stereocenters. The van der Waals surface area contributed by atoms with Crippen LogP contribution in [0.15, 0.2) is 96.6 Å². The molecule has 4 aliphatic carbocycles. The van der Waals surface area contributed by atoms with Crippen LogP contribution < -0.4 is 0 Å². The summed E-state index contributed by atoms with van der Waals surface area (Å²) >= 11 is 12.3. The van der Waals surface area contributed by atoms with Crippen LogP contribution in [0, 0.1) is 41.5 Å². The quantitative estimate of drug-likeness (QED) is 0.147. The summed E-state index contributed by atoms with van der Waals surface area (Å²) in [4.78, 5) is 0. The molecule has 4 aromatic carbocycles. The Balaban J connectivity index is 0.000000291. The van der Waals surface area contributed by atoms with Gasteiger partial charge in [0.2, 0.25) is 0 Å². The fourth-order valence-electron chi connectivity index (χ4n) is 7.34. The molecule has 8 rings (SSSR count). The molecule has 292 valence electrons. The molecule has 5 heteroatoms. The Morgan fingerprint density at radius 2 is 1.22 bits per heavy atom. The molecule has 0 heterocycles. The van der Waals surface area contributed by atoms with Gasteiger partial charge in [-0.15, -0.1) is 59.6 Å². The van der Waals surface area contributed by atoms with Gasteiger partial charge in [-0.1, -0.05) is 120 Å². The van der Waals surface area contributed by atoms with Gasteiger partial charge < -0.3 is 0 Å². The Labute approximate surface area is 370 Å². The van der Waals surface area contributed by atoms with Crippen molar-refractivity contribution in [3.05, 3.63) is 164 Å². The summed E-state index contributed by atoms with van der Waals surface area (Å²) in [6, 6.07) is 29.8. The summed E-state index contributed by atoms with van der Waals surface area (Å²) in [7, 11) is 0. The van der Waals surface area contributed by atoms with E-state index in [0.29, 0.717) is 11.8 Å². The Morgan fingerprint density at radius 3 is 1.62 bits per heavy atom. The SMILES string of the molecule is CC(C)C1[C-]=CC(C(C)(C)C)=C1.CC1=[C-]C(C)(C)c2cc3c(cc21)-c1cc2c(cc1C3)C(C)(C)C=C2C.Cl.Cl.Clc1cc[c-]cc1.Clc1cc[c-]cc1.[CH2]=[Zr]. The van der Waals surface area contributed by atoms with Crippen LogP contribution in [0.25, 0.3) is 22.3 Å². The van der Waals surface area contributed by atoms with E-state index in [0.717, 1.165) is 16.5 Å². The zero-order valence-electron chi connectivity index (χ0n) is 34.3. The van der Waals surface area contributed by atoms with Crippen LogP contribution in [0.4, 0.5) is 0 Å². The van der Waals surface area contributed by atoms with Crippen molar-refractivity contribution in [2.75, 3.05) is 0 Å². The number of rotatable bonds is 1. The van der Waals surface area contributed by atoms with E-state index < -0.39 is 0 Å². The van der Waals surface area contributed by atoms with Gasteiger partial charge in [0.25, 0.3) is 0 Å². The third-order valence-electron chi connectivity index (χ3n) is 10.2. The van der Waals surface area contributed by atoms with Crippen LogP contribution >= 0.6 is 48.0 Å². The van der Waals surface area contributed by atoms with Crippen molar-refractivity contribution in [3.8, 4) is 11.1 Å². The monoisotopic (exact) mass is 886 g/mol. The number of allylic oxidation sites excluding steroid dienone is 8. The molecule has 0 nitrogen and oxygen atoms in total. The third kappa shape index (κ3) is 12.1. The predicted molar refractivity (Wildman–Crippen MR) is 243 cm³/mol. The number of hydrogen-bond acceptors (Lipinski definition) is 0. The topological polar surface area (TPSA) is 0 Å². The molecule has 0 aromatic heterocycles. The first-order valence-electron chi connectivity index (χ1n) is 18.4. The van der Waals surface area contributed by atoms with Gasteiger partial charge in [0.15, 0.2) is 0 Å². The maximum atomic E-state index is 5.52. The van der Waals surface area contributed by atoms with Crippen LogP contribution in [0.5, 0.6) is 0 Å². The Hall–Kier alpha value is -2.25. The van der Waals surface area contributed by atoms with Gasteiger partial charge >= 0.3 is 28.4 Å². The van der Waals surface area contributed by atoms with Gasteiger partial charge in [-0.3, -0.25) is 12.2 Å². The van der Waals surface area contributed by atoms with E-state index >= 15 is 0 Å². The molecule has 0 aliphatic heterocycles. The van der Waals surface area contributed by atoms with E-state index in [9.17, 15) is 0 Å². The van der Waals surface area contributed by atoms with Gasteiger partial charge in [0.1, 0.15) is 0 Å². The van der Waals surface area contributed by atoms with E-state index in [1.54, 1.807) is 48.5 Å². The molecule has 55 heavy (non-hydrogen) atoms.